The fourth-order valence-electron chi connectivity index (χ4n) is 3.22. The Labute approximate surface area is 129 Å². The number of hydrogen-bond acceptors (Lipinski definition) is 1. The molecule has 0 saturated heterocycles. The van der Waals surface area contributed by atoms with Crippen molar-refractivity contribution in [1.82, 2.24) is 5.32 Å². The van der Waals surface area contributed by atoms with E-state index in [0.29, 0.717) is 5.41 Å². The molecule has 0 aliphatic rings. The first-order valence-corrected chi connectivity index (χ1v) is 9.19. The first kappa shape index (κ1) is 20.0. The number of unbranched alkanes of at least 4 members (excludes halogenated alkanes) is 3. The molecule has 0 fully saturated rings. The average Bonchev–Trinajstić information content (AvgIpc) is 2.44. The van der Waals surface area contributed by atoms with Crippen molar-refractivity contribution in [3.8, 4) is 0 Å². The van der Waals surface area contributed by atoms with Crippen LogP contribution in [0.4, 0.5) is 0 Å². The van der Waals surface area contributed by atoms with Gasteiger partial charge in [-0.05, 0) is 44.1 Å². The van der Waals surface area contributed by atoms with Crippen molar-refractivity contribution in [3.63, 3.8) is 0 Å². The second-order valence-electron chi connectivity index (χ2n) is 7.24. The summed E-state index contributed by atoms with van der Waals surface area (Å²) in [6.45, 7) is 11.9. The van der Waals surface area contributed by atoms with Gasteiger partial charge in [-0.3, -0.25) is 0 Å². The molecule has 0 spiro atoms. The molecule has 0 heterocycles. The van der Waals surface area contributed by atoms with E-state index in [1.54, 1.807) is 0 Å². The maximum absolute atomic E-state index is 3.50. The summed E-state index contributed by atoms with van der Waals surface area (Å²) in [4.78, 5) is 0. The predicted molar refractivity (Wildman–Crippen MR) is 93.3 cm³/mol. The van der Waals surface area contributed by atoms with Crippen LogP contribution in [-0.2, 0) is 0 Å². The predicted octanol–water partition coefficient (Wildman–Crippen LogP) is 6.18. The summed E-state index contributed by atoms with van der Waals surface area (Å²) in [6.07, 6.45) is 13.7. The fraction of sp³-hybridized carbons (Fsp3) is 1.00. The van der Waals surface area contributed by atoms with Crippen LogP contribution in [-0.4, -0.2) is 13.1 Å². The molecule has 0 radical (unpaired) electrons. The highest BCUT2D eigenvalue weighted by Gasteiger charge is 2.27. The van der Waals surface area contributed by atoms with E-state index in [4.69, 9.17) is 0 Å². The molecule has 0 aromatic carbocycles. The maximum atomic E-state index is 3.50. The van der Waals surface area contributed by atoms with Crippen molar-refractivity contribution in [2.24, 2.45) is 11.3 Å². The van der Waals surface area contributed by atoms with Gasteiger partial charge in [0.2, 0.25) is 0 Å². The number of hydrogen-bond donors (Lipinski definition) is 1. The Hall–Kier alpha value is -0.0400. The van der Waals surface area contributed by atoms with Crippen molar-refractivity contribution in [2.45, 2.75) is 105 Å². The zero-order chi connectivity index (χ0) is 15.4. The Morgan fingerprint density at radius 3 is 2.00 bits per heavy atom. The summed E-state index contributed by atoms with van der Waals surface area (Å²) in [6, 6.07) is 0.728. The third-order valence-corrected chi connectivity index (χ3v) is 5.33. The molecule has 1 N–H and O–H groups in total. The molecular formula is C19H41N. The van der Waals surface area contributed by atoms with Crippen LogP contribution in [0.2, 0.25) is 0 Å². The van der Waals surface area contributed by atoms with Crippen molar-refractivity contribution in [2.75, 3.05) is 7.05 Å². The van der Waals surface area contributed by atoms with Gasteiger partial charge in [-0.2, -0.15) is 0 Å². The lowest BCUT2D eigenvalue weighted by atomic mass is 9.71. The molecule has 122 valence electrons. The van der Waals surface area contributed by atoms with E-state index in [0.717, 1.165) is 12.0 Å². The monoisotopic (exact) mass is 283 g/mol. The third-order valence-electron chi connectivity index (χ3n) is 5.33. The third kappa shape index (κ3) is 8.29. The number of rotatable bonds is 13. The van der Waals surface area contributed by atoms with Crippen LogP contribution >= 0.6 is 0 Å². The molecule has 2 atom stereocenters. The molecular weight excluding hydrogens is 242 g/mol. The molecule has 1 nitrogen and oxygen atoms in total. The molecule has 0 rings (SSSR count). The largest absolute Gasteiger partial charge is 0.317 e. The minimum absolute atomic E-state index is 0.511. The minimum atomic E-state index is 0.511. The van der Waals surface area contributed by atoms with Gasteiger partial charge < -0.3 is 5.32 Å². The first-order valence-electron chi connectivity index (χ1n) is 9.19. The first-order chi connectivity index (χ1) is 9.51. The quantitative estimate of drug-likeness (QED) is 0.398. The van der Waals surface area contributed by atoms with Crippen LogP contribution in [0.1, 0.15) is 98.8 Å². The summed E-state index contributed by atoms with van der Waals surface area (Å²) < 4.78 is 0. The minimum Gasteiger partial charge on any atom is -0.317 e. The molecule has 2 unspecified atom stereocenters. The molecule has 0 aromatic rings. The summed E-state index contributed by atoms with van der Waals surface area (Å²) in [5, 5.41) is 3.50. The topological polar surface area (TPSA) is 12.0 Å². The Morgan fingerprint density at radius 1 is 0.800 bits per heavy atom. The fourth-order valence-corrected chi connectivity index (χ4v) is 3.22. The van der Waals surface area contributed by atoms with E-state index in [2.05, 4.69) is 47.0 Å². The Balaban J connectivity index is 4.30. The second kappa shape index (κ2) is 11.6. The molecule has 0 aromatic heterocycles. The van der Waals surface area contributed by atoms with Gasteiger partial charge in [0.15, 0.2) is 0 Å². The summed E-state index contributed by atoms with van der Waals surface area (Å²) >= 11 is 0. The van der Waals surface area contributed by atoms with Crippen LogP contribution in [0.5, 0.6) is 0 Å². The highest BCUT2D eigenvalue weighted by atomic mass is 14.9. The zero-order valence-corrected chi connectivity index (χ0v) is 15.2. The van der Waals surface area contributed by atoms with Crippen molar-refractivity contribution < 1.29 is 0 Å². The van der Waals surface area contributed by atoms with E-state index in [1.807, 2.05) is 0 Å². The van der Waals surface area contributed by atoms with Gasteiger partial charge in [-0.25, -0.2) is 0 Å². The molecule has 0 bridgehead atoms. The van der Waals surface area contributed by atoms with Crippen LogP contribution in [0.15, 0.2) is 0 Å². The van der Waals surface area contributed by atoms with Gasteiger partial charge in [0, 0.05) is 6.04 Å². The lowest BCUT2D eigenvalue weighted by Crippen LogP contribution is -2.29. The van der Waals surface area contributed by atoms with E-state index in [-0.39, 0.29) is 0 Å². The van der Waals surface area contributed by atoms with Crippen LogP contribution in [0, 0.1) is 11.3 Å². The van der Waals surface area contributed by atoms with Gasteiger partial charge in [0.25, 0.3) is 0 Å². The lowest BCUT2D eigenvalue weighted by molar-refractivity contribution is 0.166. The smallest absolute Gasteiger partial charge is 0.00640 e. The second-order valence-corrected chi connectivity index (χ2v) is 7.24. The standard InChI is InChI=1S/C19H41N/c1-7-10-11-12-14-17(19(4,5)9-3)15-16-18(20-6)13-8-2/h17-18,20H,7-16H2,1-6H3. The normalized spacial score (nSPS) is 15.3. The zero-order valence-electron chi connectivity index (χ0n) is 15.2. The summed E-state index contributed by atoms with van der Waals surface area (Å²) in [5.74, 6) is 0.900. The van der Waals surface area contributed by atoms with Crippen LogP contribution in [0.25, 0.3) is 0 Å². The van der Waals surface area contributed by atoms with Gasteiger partial charge in [-0.1, -0.05) is 73.1 Å². The van der Waals surface area contributed by atoms with Gasteiger partial charge in [-0.15, -0.1) is 0 Å². The van der Waals surface area contributed by atoms with Gasteiger partial charge in [0.05, 0.1) is 0 Å². The maximum Gasteiger partial charge on any atom is 0.00640 e. The van der Waals surface area contributed by atoms with Crippen molar-refractivity contribution in [3.05, 3.63) is 0 Å². The Bertz CT molecular complexity index is 210. The lowest BCUT2D eigenvalue weighted by Gasteiger charge is -2.35. The molecule has 0 aliphatic carbocycles. The molecule has 0 saturated carbocycles. The highest BCUT2D eigenvalue weighted by molar-refractivity contribution is 4.79. The van der Waals surface area contributed by atoms with Gasteiger partial charge in [0.1, 0.15) is 0 Å². The molecule has 1 heteroatoms. The summed E-state index contributed by atoms with van der Waals surface area (Å²) in [7, 11) is 2.13. The molecule has 0 amide bonds. The molecule has 0 aliphatic heterocycles. The van der Waals surface area contributed by atoms with Gasteiger partial charge >= 0.3 is 0 Å². The average molecular weight is 284 g/mol. The van der Waals surface area contributed by atoms with Crippen LogP contribution in [0.3, 0.4) is 0 Å². The van der Waals surface area contributed by atoms with Crippen molar-refractivity contribution >= 4 is 0 Å². The summed E-state index contributed by atoms with van der Waals surface area (Å²) in [5.41, 5.74) is 0.511. The SMILES string of the molecule is CCCCCCC(CCC(CCC)NC)C(C)(C)CC. The number of nitrogens with one attached hydrogen (secondary N) is 1. The van der Waals surface area contributed by atoms with E-state index in [9.17, 15) is 0 Å². The van der Waals surface area contributed by atoms with E-state index in [1.165, 1.54) is 64.2 Å². The highest BCUT2D eigenvalue weighted by Crippen LogP contribution is 2.37. The Morgan fingerprint density at radius 2 is 1.50 bits per heavy atom. The van der Waals surface area contributed by atoms with Crippen LogP contribution < -0.4 is 5.32 Å². The van der Waals surface area contributed by atoms with Crippen molar-refractivity contribution in [1.29, 1.82) is 0 Å². The van der Waals surface area contributed by atoms with E-state index < -0.39 is 0 Å². The van der Waals surface area contributed by atoms with E-state index >= 15 is 0 Å². The molecule has 20 heavy (non-hydrogen) atoms. The Kier molecular flexibility index (Phi) is 11.6.